The van der Waals surface area contributed by atoms with Crippen molar-refractivity contribution in [3.8, 4) is 0 Å². The van der Waals surface area contributed by atoms with E-state index in [0.717, 1.165) is 18.5 Å². The molecule has 0 saturated carbocycles. The van der Waals surface area contributed by atoms with Crippen molar-refractivity contribution in [2.24, 2.45) is 0 Å². The Bertz CT molecular complexity index is 1360. The van der Waals surface area contributed by atoms with Crippen molar-refractivity contribution in [3.05, 3.63) is 70.0 Å². The standard InChI is InChI=1S/C24H25F6N7O2/c1-15(34(2)18-12-32-33-21(38)20(18)24(28,29)30)13-35-6-5-16(14-35)22(39)37-9-7-36(8-10-37)19-4-3-17(11-31-19)23(25,26)27/h3-6,11-12,14-15H,7-10,13H2,1-2H3,(H,33,38)/t15-/m0/s1. The number of carbonyl (C=O) groups excluding carboxylic acids is 1. The van der Waals surface area contributed by atoms with Crippen LogP contribution in [0.3, 0.4) is 0 Å². The fourth-order valence-electron chi connectivity index (χ4n) is 4.34. The highest BCUT2D eigenvalue weighted by atomic mass is 19.4. The topological polar surface area (TPSA) is 90.4 Å². The van der Waals surface area contributed by atoms with Gasteiger partial charge in [-0.15, -0.1) is 0 Å². The number of hydrogen-bond donors (Lipinski definition) is 1. The Hall–Kier alpha value is -4.04. The van der Waals surface area contributed by atoms with Gasteiger partial charge in [-0.1, -0.05) is 0 Å². The van der Waals surface area contributed by atoms with Crippen LogP contribution in [-0.2, 0) is 18.9 Å². The average Bonchev–Trinajstić information content (AvgIpc) is 3.35. The Morgan fingerprint density at radius 3 is 2.33 bits per heavy atom. The quantitative estimate of drug-likeness (QED) is 0.467. The van der Waals surface area contributed by atoms with Crippen molar-refractivity contribution in [1.29, 1.82) is 0 Å². The first kappa shape index (κ1) is 28.0. The zero-order valence-corrected chi connectivity index (χ0v) is 20.9. The number of piperazine rings is 1. The van der Waals surface area contributed by atoms with Gasteiger partial charge in [0.1, 0.15) is 11.4 Å². The van der Waals surface area contributed by atoms with E-state index in [0.29, 0.717) is 37.6 Å². The van der Waals surface area contributed by atoms with E-state index in [1.165, 1.54) is 18.0 Å². The maximum Gasteiger partial charge on any atom is 0.423 e. The van der Waals surface area contributed by atoms with Gasteiger partial charge in [0.2, 0.25) is 0 Å². The fraction of sp³-hybridized carbons (Fsp3) is 0.417. The summed E-state index contributed by atoms with van der Waals surface area (Å²) in [5.74, 6) is 0.150. The number of rotatable bonds is 6. The Kier molecular flexibility index (Phi) is 7.61. The lowest BCUT2D eigenvalue weighted by atomic mass is 10.2. The summed E-state index contributed by atoms with van der Waals surface area (Å²) in [6.07, 6.45) is -4.36. The third-order valence-corrected chi connectivity index (χ3v) is 6.60. The average molecular weight is 557 g/mol. The molecule has 39 heavy (non-hydrogen) atoms. The summed E-state index contributed by atoms with van der Waals surface area (Å²) in [5, 5.41) is 5.31. The molecule has 0 aromatic carbocycles. The van der Waals surface area contributed by atoms with E-state index in [9.17, 15) is 35.9 Å². The van der Waals surface area contributed by atoms with Gasteiger partial charge in [-0.25, -0.2) is 10.1 Å². The first-order valence-electron chi connectivity index (χ1n) is 11.9. The highest BCUT2D eigenvalue weighted by Crippen LogP contribution is 2.34. The van der Waals surface area contributed by atoms with Crippen molar-refractivity contribution >= 4 is 17.4 Å². The van der Waals surface area contributed by atoms with Crippen LogP contribution >= 0.6 is 0 Å². The zero-order valence-electron chi connectivity index (χ0n) is 20.9. The second kappa shape index (κ2) is 10.6. The lowest BCUT2D eigenvalue weighted by molar-refractivity contribution is -0.139. The summed E-state index contributed by atoms with van der Waals surface area (Å²) in [4.78, 5) is 33.4. The summed E-state index contributed by atoms with van der Waals surface area (Å²) in [6, 6.07) is 3.38. The van der Waals surface area contributed by atoms with Gasteiger partial charge >= 0.3 is 12.4 Å². The van der Waals surface area contributed by atoms with Gasteiger partial charge < -0.3 is 19.3 Å². The van der Waals surface area contributed by atoms with Crippen LogP contribution in [-0.4, -0.2) is 69.8 Å². The van der Waals surface area contributed by atoms with Crippen LogP contribution in [0.2, 0.25) is 0 Å². The Balaban J connectivity index is 1.36. The highest BCUT2D eigenvalue weighted by Gasteiger charge is 2.39. The molecule has 0 spiro atoms. The predicted molar refractivity (Wildman–Crippen MR) is 130 cm³/mol. The lowest BCUT2D eigenvalue weighted by Gasteiger charge is -2.35. The molecule has 3 aromatic heterocycles. The molecule has 3 aromatic rings. The van der Waals surface area contributed by atoms with Gasteiger partial charge in [0.05, 0.1) is 23.0 Å². The molecule has 0 bridgehead atoms. The fourth-order valence-corrected chi connectivity index (χ4v) is 4.34. The lowest BCUT2D eigenvalue weighted by Crippen LogP contribution is -2.49. The van der Waals surface area contributed by atoms with Crippen LogP contribution in [0.25, 0.3) is 0 Å². The molecule has 1 aliphatic heterocycles. The zero-order chi connectivity index (χ0) is 28.5. The van der Waals surface area contributed by atoms with E-state index >= 15 is 0 Å². The number of alkyl halides is 6. The molecule has 1 atom stereocenters. The van der Waals surface area contributed by atoms with Crippen LogP contribution in [0.1, 0.15) is 28.4 Å². The third kappa shape index (κ3) is 6.17. The number of aromatic amines is 1. The van der Waals surface area contributed by atoms with Gasteiger partial charge in [-0.2, -0.15) is 31.4 Å². The summed E-state index contributed by atoms with van der Waals surface area (Å²) < 4.78 is 80.3. The number of nitrogens with one attached hydrogen (secondary N) is 1. The van der Waals surface area contributed by atoms with Gasteiger partial charge in [0.15, 0.2) is 0 Å². The molecule has 9 nitrogen and oxygen atoms in total. The predicted octanol–water partition coefficient (Wildman–Crippen LogP) is 3.49. The molecule has 1 saturated heterocycles. The van der Waals surface area contributed by atoms with Crippen LogP contribution in [0, 0.1) is 0 Å². The highest BCUT2D eigenvalue weighted by molar-refractivity contribution is 5.94. The number of aromatic nitrogens is 4. The number of amides is 1. The first-order valence-corrected chi connectivity index (χ1v) is 11.9. The van der Waals surface area contributed by atoms with E-state index < -0.39 is 35.1 Å². The molecule has 1 N–H and O–H groups in total. The SMILES string of the molecule is C[C@@H](Cn1ccc(C(=O)N2CCN(c3ccc(C(F)(F)F)cn3)CC2)c1)N(C)c1cn[nH]c(=O)c1C(F)(F)F. The van der Waals surface area contributed by atoms with Crippen LogP contribution < -0.4 is 15.4 Å². The van der Waals surface area contributed by atoms with Crippen molar-refractivity contribution in [1.82, 2.24) is 24.6 Å². The first-order chi connectivity index (χ1) is 18.3. The van der Waals surface area contributed by atoms with E-state index in [1.807, 2.05) is 5.10 Å². The molecule has 0 radical (unpaired) electrons. The van der Waals surface area contributed by atoms with E-state index in [4.69, 9.17) is 0 Å². The molecular weight excluding hydrogens is 532 g/mol. The molecule has 4 heterocycles. The second-order valence-corrected chi connectivity index (χ2v) is 9.20. The van der Waals surface area contributed by atoms with E-state index in [1.54, 1.807) is 39.8 Å². The molecule has 1 aliphatic rings. The number of nitrogens with zero attached hydrogens (tertiary/aromatic N) is 6. The van der Waals surface area contributed by atoms with Gasteiger partial charge in [0.25, 0.3) is 11.5 Å². The minimum absolute atomic E-state index is 0.223. The molecular formula is C24H25F6N7O2. The molecule has 1 fully saturated rings. The second-order valence-electron chi connectivity index (χ2n) is 9.20. The summed E-state index contributed by atoms with van der Waals surface area (Å²) in [7, 11) is 1.43. The third-order valence-electron chi connectivity index (χ3n) is 6.60. The summed E-state index contributed by atoms with van der Waals surface area (Å²) >= 11 is 0. The maximum absolute atomic E-state index is 13.4. The molecule has 4 rings (SSSR count). The van der Waals surface area contributed by atoms with Gasteiger partial charge in [-0.05, 0) is 25.1 Å². The van der Waals surface area contributed by atoms with Gasteiger partial charge in [0, 0.05) is 64.4 Å². The Morgan fingerprint density at radius 2 is 1.74 bits per heavy atom. The molecule has 1 amide bonds. The Morgan fingerprint density at radius 1 is 1.05 bits per heavy atom. The largest absolute Gasteiger partial charge is 0.423 e. The van der Waals surface area contributed by atoms with E-state index in [2.05, 4.69) is 10.1 Å². The summed E-state index contributed by atoms with van der Waals surface area (Å²) in [5.41, 5.74) is -3.47. The number of halogens is 6. The van der Waals surface area contributed by atoms with Crippen LogP contribution in [0.4, 0.5) is 37.8 Å². The number of H-pyrrole nitrogens is 1. The van der Waals surface area contributed by atoms with Gasteiger partial charge in [-0.3, -0.25) is 9.59 Å². The number of carbonyl (C=O) groups is 1. The number of likely N-dealkylation sites (N-methyl/N-ethyl adjacent to an activating group) is 1. The van der Waals surface area contributed by atoms with Crippen molar-refractivity contribution in [3.63, 3.8) is 0 Å². The molecule has 15 heteroatoms. The number of anilines is 2. The van der Waals surface area contributed by atoms with E-state index in [-0.39, 0.29) is 18.1 Å². The summed E-state index contributed by atoms with van der Waals surface area (Å²) in [6.45, 7) is 3.35. The van der Waals surface area contributed by atoms with Crippen molar-refractivity contribution in [2.75, 3.05) is 43.0 Å². The van der Waals surface area contributed by atoms with Crippen LogP contribution in [0.15, 0.2) is 47.8 Å². The number of hydrogen-bond acceptors (Lipinski definition) is 6. The minimum Gasteiger partial charge on any atom is -0.368 e. The minimum atomic E-state index is -4.86. The van der Waals surface area contributed by atoms with Crippen molar-refractivity contribution < 1.29 is 31.1 Å². The maximum atomic E-state index is 13.4. The monoisotopic (exact) mass is 557 g/mol. The molecule has 0 unspecified atom stereocenters. The molecule has 0 aliphatic carbocycles. The number of pyridine rings is 1. The molecule has 210 valence electrons. The van der Waals surface area contributed by atoms with Crippen LogP contribution in [0.5, 0.6) is 0 Å². The van der Waals surface area contributed by atoms with Crippen molar-refractivity contribution in [2.45, 2.75) is 31.9 Å². The Labute approximate surface area is 218 Å². The smallest absolute Gasteiger partial charge is 0.368 e. The normalized spacial score (nSPS) is 15.4.